The smallest absolute Gasteiger partial charge is 0.262 e. The van der Waals surface area contributed by atoms with Gasteiger partial charge in [-0.05, 0) is 18.8 Å². The number of aryl methyl sites for hydroxylation is 1. The van der Waals surface area contributed by atoms with E-state index in [2.05, 4.69) is 10.3 Å². The van der Waals surface area contributed by atoms with Crippen molar-refractivity contribution in [1.29, 1.82) is 0 Å². The summed E-state index contributed by atoms with van der Waals surface area (Å²) in [7, 11) is -2.03. The molecule has 116 valence electrons. The zero-order valence-electron chi connectivity index (χ0n) is 11.8. The topological polar surface area (TPSA) is 110 Å². The lowest BCUT2D eigenvalue weighted by Gasteiger charge is -2.40. The summed E-state index contributed by atoms with van der Waals surface area (Å²) in [4.78, 5) is 15.2. The van der Waals surface area contributed by atoms with Crippen LogP contribution >= 0.6 is 0 Å². The highest BCUT2D eigenvalue weighted by atomic mass is 32.2. The normalized spacial score (nSPS) is 27.2. The van der Waals surface area contributed by atoms with E-state index in [0.717, 1.165) is 6.42 Å². The Morgan fingerprint density at radius 1 is 1.43 bits per heavy atom. The fraction of sp³-hybridized carbons (Fsp3) is 0.667. The minimum atomic E-state index is -3.65. The van der Waals surface area contributed by atoms with Crippen LogP contribution in [0.3, 0.4) is 0 Å². The Bertz CT molecular complexity index is 649. The van der Waals surface area contributed by atoms with Gasteiger partial charge in [0, 0.05) is 32.6 Å². The van der Waals surface area contributed by atoms with E-state index in [1.807, 2.05) is 0 Å². The molecule has 0 saturated carbocycles. The first kappa shape index (κ1) is 14.3. The molecule has 0 radical (unpaired) electrons. The third kappa shape index (κ3) is 2.40. The summed E-state index contributed by atoms with van der Waals surface area (Å²) in [5.74, 6) is 0.251. The lowest BCUT2D eigenvalue weighted by Crippen LogP contribution is -2.55. The van der Waals surface area contributed by atoms with Crippen LogP contribution in [0.4, 0.5) is 5.82 Å². The molecule has 21 heavy (non-hydrogen) atoms. The summed E-state index contributed by atoms with van der Waals surface area (Å²) in [6.07, 6.45) is 3.22. The van der Waals surface area contributed by atoms with Crippen LogP contribution in [0, 0.1) is 5.92 Å². The zero-order chi connectivity index (χ0) is 15.2. The number of fused-ring (bicyclic) bond motifs is 1. The predicted octanol–water partition coefficient (Wildman–Crippen LogP) is -0.708. The van der Waals surface area contributed by atoms with E-state index >= 15 is 0 Å². The van der Waals surface area contributed by atoms with Crippen LogP contribution in [0.5, 0.6) is 0 Å². The Morgan fingerprint density at radius 3 is 2.86 bits per heavy atom. The van der Waals surface area contributed by atoms with Gasteiger partial charge < -0.3 is 15.6 Å². The van der Waals surface area contributed by atoms with E-state index in [0.29, 0.717) is 25.9 Å². The molecule has 8 nitrogen and oxygen atoms in total. The average Bonchev–Trinajstić information content (AvgIpc) is 2.78. The molecule has 3 rings (SSSR count). The summed E-state index contributed by atoms with van der Waals surface area (Å²) in [5.41, 5.74) is 5.69. The molecule has 2 fully saturated rings. The number of aromatic nitrogens is 2. The molecule has 9 heteroatoms. The van der Waals surface area contributed by atoms with Gasteiger partial charge in [0.15, 0.2) is 10.8 Å². The molecule has 2 aliphatic heterocycles. The molecule has 2 aliphatic rings. The van der Waals surface area contributed by atoms with Gasteiger partial charge in [-0.25, -0.2) is 13.4 Å². The number of sulfonamides is 1. The largest absolute Gasteiger partial charge is 0.381 e. The van der Waals surface area contributed by atoms with Gasteiger partial charge in [-0.15, -0.1) is 0 Å². The van der Waals surface area contributed by atoms with Crippen molar-refractivity contribution >= 4 is 21.7 Å². The van der Waals surface area contributed by atoms with Gasteiger partial charge in [0.05, 0.1) is 6.33 Å². The van der Waals surface area contributed by atoms with E-state index in [1.54, 1.807) is 7.05 Å². The van der Waals surface area contributed by atoms with Crippen LogP contribution in [0.15, 0.2) is 11.4 Å². The number of carbonyl (C=O) groups excluding carboxylic acids is 1. The molecule has 0 aliphatic carbocycles. The van der Waals surface area contributed by atoms with Gasteiger partial charge in [0.25, 0.3) is 10.0 Å². The Kier molecular flexibility index (Phi) is 3.40. The number of rotatable bonds is 2. The Hall–Kier alpha value is -1.61. The Labute approximate surface area is 123 Å². The van der Waals surface area contributed by atoms with Crippen molar-refractivity contribution in [3.8, 4) is 0 Å². The summed E-state index contributed by atoms with van der Waals surface area (Å²) in [6.45, 7) is 0.798. The van der Waals surface area contributed by atoms with Crippen LogP contribution in [0.1, 0.15) is 19.3 Å². The number of hydrogen-bond acceptors (Lipinski definition) is 5. The van der Waals surface area contributed by atoms with Crippen molar-refractivity contribution < 1.29 is 13.2 Å². The first-order valence-corrected chi connectivity index (χ1v) is 8.40. The van der Waals surface area contributed by atoms with Crippen LogP contribution in [-0.2, 0) is 21.9 Å². The van der Waals surface area contributed by atoms with Crippen LogP contribution in [-0.4, -0.2) is 47.3 Å². The standard InChI is InChI=1S/C12H19N5O3S/c1-16-7-14-11(13)12(16)21(19,20)17-5-4-9-8(6-17)2-3-10(18)15-9/h7-9H,2-6,13H2,1H3,(H,15,18). The van der Waals surface area contributed by atoms with E-state index < -0.39 is 10.0 Å². The number of nitrogen functional groups attached to an aromatic ring is 1. The summed E-state index contributed by atoms with van der Waals surface area (Å²) in [5, 5.41) is 2.99. The summed E-state index contributed by atoms with van der Waals surface area (Å²) in [6, 6.07) is 0.0848. The third-order valence-electron chi connectivity index (χ3n) is 4.28. The van der Waals surface area contributed by atoms with Gasteiger partial charge in [0.2, 0.25) is 5.91 Å². The predicted molar refractivity (Wildman–Crippen MR) is 75.7 cm³/mol. The molecular weight excluding hydrogens is 294 g/mol. The SMILES string of the molecule is Cn1cnc(N)c1S(=O)(=O)N1CCC2NC(=O)CCC2C1. The summed E-state index contributed by atoms with van der Waals surface area (Å²) >= 11 is 0. The molecule has 1 aromatic rings. The molecule has 1 amide bonds. The minimum Gasteiger partial charge on any atom is -0.381 e. The molecule has 0 spiro atoms. The number of anilines is 1. The highest BCUT2D eigenvalue weighted by molar-refractivity contribution is 7.89. The van der Waals surface area contributed by atoms with Gasteiger partial charge in [-0.3, -0.25) is 4.79 Å². The van der Waals surface area contributed by atoms with Gasteiger partial charge in [-0.1, -0.05) is 0 Å². The number of nitrogens with one attached hydrogen (secondary N) is 1. The monoisotopic (exact) mass is 313 g/mol. The van der Waals surface area contributed by atoms with E-state index in [-0.39, 0.29) is 28.7 Å². The average molecular weight is 313 g/mol. The molecule has 3 heterocycles. The fourth-order valence-electron chi connectivity index (χ4n) is 3.17. The Balaban J connectivity index is 1.84. The molecule has 2 atom stereocenters. The first-order chi connectivity index (χ1) is 9.89. The van der Waals surface area contributed by atoms with Crippen molar-refractivity contribution in [2.24, 2.45) is 13.0 Å². The molecule has 1 aromatic heterocycles. The van der Waals surface area contributed by atoms with Crippen molar-refractivity contribution in [1.82, 2.24) is 19.2 Å². The van der Waals surface area contributed by atoms with Crippen molar-refractivity contribution in [3.63, 3.8) is 0 Å². The zero-order valence-corrected chi connectivity index (χ0v) is 12.6. The minimum absolute atomic E-state index is 0.0246. The van der Waals surface area contributed by atoms with E-state index in [4.69, 9.17) is 5.73 Å². The Morgan fingerprint density at radius 2 is 2.19 bits per heavy atom. The molecular formula is C12H19N5O3S. The number of hydrogen-bond donors (Lipinski definition) is 2. The van der Waals surface area contributed by atoms with E-state index in [1.165, 1.54) is 15.2 Å². The summed E-state index contributed by atoms with van der Waals surface area (Å²) < 4.78 is 28.3. The maximum Gasteiger partial charge on any atom is 0.262 e. The molecule has 2 saturated heterocycles. The maximum absolute atomic E-state index is 12.7. The lowest BCUT2D eigenvalue weighted by atomic mass is 9.86. The quantitative estimate of drug-likeness (QED) is 0.749. The molecule has 2 unspecified atom stereocenters. The number of carbonyl (C=O) groups is 1. The van der Waals surface area contributed by atoms with Gasteiger partial charge in [-0.2, -0.15) is 4.31 Å². The second-order valence-corrected chi connectivity index (χ2v) is 7.52. The highest BCUT2D eigenvalue weighted by Gasteiger charge is 2.39. The lowest BCUT2D eigenvalue weighted by molar-refractivity contribution is -0.124. The maximum atomic E-state index is 12.7. The number of imidazole rings is 1. The number of nitrogens with two attached hydrogens (primary N) is 1. The van der Waals surface area contributed by atoms with Crippen LogP contribution in [0.2, 0.25) is 0 Å². The third-order valence-corrected chi connectivity index (χ3v) is 6.28. The van der Waals surface area contributed by atoms with E-state index in [9.17, 15) is 13.2 Å². The number of amides is 1. The second kappa shape index (κ2) is 4.99. The fourth-order valence-corrected chi connectivity index (χ4v) is 4.87. The molecule has 0 aromatic carbocycles. The van der Waals surface area contributed by atoms with Crippen molar-refractivity contribution in [2.45, 2.75) is 30.3 Å². The second-order valence-electron chi connectivity index (χ2n) is 5.67. The van der Waals surface area contributed by atoms with Crippen LogP contribution < -0.4 is 11.1 Å². The number of piperidine rings is 2. The number of nitrogens with zero attached hydrogens (tertiary/aromatic N) is 3. The van der Waals surface area contributed by atoms with Gasteiger partial charge in [0.1, 0.15) is 0 Å². The highest BCUT2D eigenvalue weighted by Crippen LogP contribution is 2.30. The molecule has 3 N–H and O–H groups in total. The van der Waals surface area contributed by atoms with Crippen molar-refractivity contribution in [2.75, 3.05) is 18.8 Å². The first-order valence-electron chi connectivity index (χ1n) is 6.96. The van der Waals surface area contributed by atoms with Crippen molar-refractivity contribution in [3.05, 3.63) is 6.33 Å². The molecule has 0 bridgehead atoms. The van der Waals surface area contributed by atoms with Crippen LogP contribution in [0.25, 0.3) is 0 Å². The van der Waals surface area contributed by atoms with Gasteiger partial charge >= 0.3 is 0 Å².